The molecule has 0 bridgehead atoms. The number of carbonyl (C=O) groups excluding carboxylic acids is 3. The number of anilines is 1. The Kier molecular flexibility index (Phi) is 6.54. The topological polar surface area (TPSA) is 84.5 Å². The fourth-order valence-corrected chi connectivity index (χ4v) is 4.08. The average Bonchev–Trinajstić information content (AvgIpc) is 3.07. The van der Waals surface area contributed by atoms with Crippen LogP contribution in [0.15, 0.2) is 59.5 Å². The predicted octanol–water partition coefficient (Wildman–Crippen LogP) is 5.85. The Morgan fingerprint density at radius 2 is 1.79 bits per heavy atom. The lowest BCUT2D eigenvalue weighted by Gasteiger charge is -2.12. The standard InChI is InChI=1S/C23H14ClF3N2O4S/c24-16-8-15(23(25,26)27)9-17(10-16)28-20(30)11-33-18-4-3-13-5-12(1-2-14(13)7-18)6-19-21(31)29-22(32)34-19/h1-10H,11H2,(H,28,30)(H,29,31,32)/b19-6+. The van der Waals surface area contributed by atoms with Crippen LogP contribution in [0, 0.1) is 0 Å². The number of fused-ring (bicyclic) bond motifs is 1. The molecule has 11 heteroatoms. The number of nitrogens with one attached hydrogen (secondary N) is 2. The smallest absolute Gasteiger partial charge is 0.416 e. The van der Waals surface area contributed by atoms with Crippen molar-refractivity contribution in [2.24, 2.45) is 0 Å². The normalized spacial score (nSPS) is 15.0. The summed E-state index contributed by atoms with van der Waals surface area (Å²) >= 11 is 6.55. The lowest BCUT2D eigenvalue weighted by molar-refractivity contribution is -0.137. The molecular formula is C23H14ClF3N2O4S. The van der Waals surface area contributed by atoms with Gasteiger partial charge in [0.2, 0.25) is 0 Å². The molecule has 1 aliphatic heterocycles. The summed E-state index contributed by atoms with van der Waals surface area (Å²) in [4.78, 5) is 35.4. The van der Waals surface area contributed by atoms with Crippen molar-refractivity contribution < 1.29 is 32.3 Å². The van der Waals surface area contributed by atoms with Crippen molar-refractivity contribution in [3.05, 3.63) is 75.7 Å². The van der Waals surface area contributed by atoms with Crippen molar-refractivity contribution in [3.8, 4) is 5.75 Å². The Hall–Kier alpha value is -3.50. The summed E-state index contributed by atoms with van der Waals surface area (Å²) in [5.41, 5.74) is -0.337. The zero-order valence-corrected chi connectivity index (χ0v) is 18.6. The van der Waals surface area contributed by atoms with E-state index in [0.29, 0.717) is 10.7 Å². The van der Waals surface area contributed by atoms with Gasteiger partial charge in [-0.15, -0.1) is 0 Å². The van der Waals surface area contributed by atoms with Crippen LogP contribution < -0.4 is 15.4 Å². The first-order valence-corrected chi connectivity index (χ1v) is 10.9. The molecule has 174 valence electrons. The number of halogens is 4. The third-order valence-corrected chi connectivity index (χ3v) is 5.68. The van der Waals surface area contributed by atoms with Gasteiger partial charge in [-0.1, -0.05) is 29.8 Å². The second-order valence-electron chi connectivity index (χ2n) is 7.18. The van der Waals surface area contributed by atoms with Crippen LogP contribution in [0.3, 0.4) is 0 Å². The van der Waals surface area contributed by atoms with Crippen LogP contribution in [0.25, 0.3) is 16.8 Å². The van der Waals surface area contributed by atoms with Gasteiger partial charge in [-0.2, -0.15) is 13.2 Å². The molecule has 0 atom stereocenters. The number of ether oxygens (including phenoxy) is 1. The summed E-state index contributed by atoms with van der Waals surface area (Å²) in [7, 11) is 0. The maximum atomic E-state index is 12.9. The van der Waals surface area contributed by atoms with Gasteiger partial charge in [0.05, 0.1) is 10.5 Å². The summed E-state index contributed by atoms with van der Waals surface area (Å²) in [6, 6.07) is 13.2. The van der Waals surface area contributed by atoms with Crippen molar-refractivity contribution in [1.29, 1.82) is 0 Å². The molecule has 1 heterocycles. The predicted molar refractivity (Wildman–Crippen MR) is 124 cm³/mol. The SMILES string of the molecule is O=C(COc1ccc2cc(/C=C3/SC(=O)NC3=O)ccc2c1)Nc1cc(Cl)cc(C(F)(F)F)c1. The van der Waals surface area contributed by atoms with Crippen LogP contribution in [-0.2, 0) is 15.8 Å². The van der Waals surface area contributed by atoms with E-state index in [-0.39, 0.29) is 10.7 Å². The number of thioether (sulfide) groups is 1. The van der Waals surface area contributed by atoms with Crippen LogP contribution in [0.5, 0.6) is 5.75 Å². The first kappa shape index (κ1) is 23.7. The Labute approximate surface area is 200 Å². The highest BCUT2D eigenvalue weighted by molar-refractivity contribution is 8.18. The molecule has 1 saturated heterocycles. The first-order chi connectivity index (χ1) is 16.1. The van der Waals surface area contributed by atoms with Gasteiger partial charge in [0.25, 0.3) is 17.1 Å². The number of benzene rings is 3. The van der Waals surface area contributed by atoms with E-state index in [9.17, 15) is 27.6 Å². The van der Waals surface area contributed by atoms with E-state index < -0.39 is 35.4 Å². The third-order valence-electron chi connectivity index (χ3n) is 4.65. The fourth-order valence-electron chi connectivity index (χ4n) is 3.17. The zero-order valence-electron chi connectivity index (χ0n) is 17.0. The van der Waals surface area contributed by atoms with E-state index in [4.69, 9.17) is 16.3 Å². The number of hydrogen-bond acceptors (Lipinski definition) is 5. The number of alkyl halides is 3. The quantitative estimate of drug-likeness (QED) is 0.424. The molecule has 0 unspecified atom stereocenters. The van der Waals surface area contributed by atoms with Gasteiger partial charge in [-0.05, 0) is 70.6 Å². The van der Waals surface area contributed by atoms with E-state index in [1.807, 2.05) is 6.07 Å². The van der Waals surface area contributed by atoms with Crippen molar-refractivity contribution in [2.75, 3.05) is 11.9 Å². The Morgan fingerprint density at radius 3 is 2.50 bits per heavy atom. The van der Waals surface area contributed by atoms with Crippen molar-refractivity contribution in [1.82, 2.24) is 5.32 Å². The van der Waals surface area contributed by atoms with E-state index in [1.165, 1.54) is 6.07 Å². The van der Waals surface area contributed by atoms with Crippen LogP contribution in [0.4, 0.5) is 23.7 Å². The molecule has 3 aromatic rings. The monoisotopic (exact) mass is 506 g/mol. The van der Waals surface area contributed by atoms with E-state index in [1.54, 1.807) is 36.4 Å². The number of amides is 3. The van der Waals surface area contributed by atoms with Gasteiger partial charge in [-0.25, -0.2) is 0 Å². The molecule has 0 radical (unpaired) electrons. The van der Waals surface area contributed by atoms with Crippen LogP contribution in [-0.4, -0.2) is 23.7 Å². The molecule has 0 aromatic heterocycles. The highest BCUT2D eigenvalue weighted by Crippen LogP contribution is 2.33. The highest BCUT2D eigenvalue weighted by atomic mass is 35.5. The zero-order chi connectivity index (χ0) is 24.5. The molecule has 6 nitrogen and oxygen atoms in total. The minimum atomic E-state index is -4.60. The van der Waals surface area contributed by atoms with E-state index in [0.717, 1.165) is 40.2 Å². The van der Waals surface area contributed by atoms with Gasteiger partial charge >= 0.3 is 6.18 Å². The molecule has 0 saturated carbocycles. The number of imide groups is 1. The lowest BCUT2D eigenvalue weighted by atomic mass is 10.1. The Morgan fingerprint density at radius 1 is 1.06 bits per heavy atom. The van der Waals surface area contributed by atoms with E-state index >= 15 is 0 Å². The molecule has 4 rings (SSSR count). The van der Waals surface area contributed by atoms with Crippen molar-refractivity contribution >= 4 is 63.0 Å². The third kappa shape index (κ3) is 5.70. The van der Waals surface area contributed by atoms with E-state index in [2.05, 4.69) is 10.6 Å². The van der Waals surface area contributed by atoms with Crippen molar-refractivity contribution in [3.63, 3.8) is 0 Å². The summed E-state index contributed by atoms with van der Waals surface area (Å²) in [6.07, 6.45) is -2.98. The summed E-state index contributed by atoms with van der Waals surface area (Å²) in [6.45, 7) is -0.427. The second kappa shape index (κ2) is 9.40. The molecule has 3 aromatic carbocycles. The number of hydrogen-bond donors (Lipinski definition) is 2. The van der Waals surface area contributed by atoms with Crippen molar-refractivity contribution in [2.45, 2.75) is 6.18 Å². The summed E-state index contributed by atoms with van der Waals surface area (Å²) in [5, 5.41) is 5.58. The maximum Gasteiger partial charge on any atom is 0.416 e. The number of carbonyl (C=O) groups is 3. The summed E-state index contributed by atoms with van der Waals surface area (Å²) in [5.74, 6) is -0.712. The largest absolute Gasteiger partial charge is 0.484 e. The molecule has 0 spiro atoms. The Balaban J connectivity index is 1.41. The lowest BCUT2D eigenvalue weighted by Crippen LogP contribution is -2.20. The van der Waals surface area contributed by atoms with Crippen LogP contribution >= 0.6 is 23.4 Å². The molecule has 1 fully saturated rings. The van der Waals surface area contributed by atoms with Crippen LogP contribution in [0.1, 0.15) is 11.1 Å². The molecule has 3 amide bonds. The van der Waals surface area contributed by atoms with Crippen LogP contribution in [0.2, 0.25) is 5.02 Å². The maximum absolute atomic E-state index is 12.9. The molecule has 0 aliphatic carbocycles. The van der Waals surface area contributed by atoms with Gasteiger partial charge in [-0.3, -0.25) is 19.7 Å². The number of rotatable bonds is 5. The second-order valence-corrected chi connectivity index (χ2v) is 8.63. The van der Waals surface area contributed by atoms with Gasteiger partial charge in [0, 0.05) is 10.7 Å². The summed E-state index contributed by atoms with van der Waals surface area (Å²) < 4.78 is 44.2. The minimum absolute atomic E-state index is 0.0932. The Bertz CT molecular complexity index is 1360. The molecule has 34 heavy (non-hydrogen) atoms. The average molecular weight is 507 g/mol. The van der Waals surface area contributed by atoms with Gasteiger partial charge in [0.15, 0.2) is 6.61 Å². The first-order valence-electron chi connectivity index (χ1n) is 9.66. The highest BCUT2D eigenvalue weighted by Gasteiger charge is 2.31. The molecular weight excluding hydrogens is 493 g/mol. The van der Waals surface area contributed by atoms with Gasteiger partial charge < -0.3 is 10.1 Å². The fraction of sp³-hybridized carbons (Fsp3) is 0.0870. The molecule has 2 N–H and O–H groups in total. The minimum Gasteiger partial charge on any atom is -0.484 e. The van der Waals surface area contributed by atoms with Gasteiger partial charge in [0.1, 0.15) is 5.75 Å². The molecule has 1 aliphatic rings.